The van der Waals surface area contributed by atoms with Crippen LogP contribution < -0.4 is 10.2 Å². The Morgan fingerprint density at radius 3 is 2.77 bits per heavy atom. The molecule has 136 valence electrons. The lowest BCUT2D eigenvalue weighted by molar-refractivity contribution is -0.141. The van der Waals surface area contributed by atoms with Crippen LogP contribution in [0.4, 0.5) is 5.69 Å². The van der Waals surface area contributed by atoms with Crippen LogP contribution in [0.5, 0.6) is 0 Å². The van der Waals surface area contributed by atoms with Gasteiger partial charge in [-0.25, -0.2) is 0 Å². The molecule has 2 aromatic rings. The molecule has 1 aromatic carbocycles. The third-order valence-electron chi connectivity index (χ3n) is 4.41. The minimum absolute atomic E-state index is 0.00297. The molecule has 0 bridgehead atoms. The fourth-order valence-corrected chi connectivity index (χ4v) is 3.85. The summed E-state index contributed by atoms with van der Waals surface area (Å²) in [5.41, 5.74) is 2.35. The molecule has 1 aliphatic heterocycles. The molecule has 1 N–H and O–H groups in total. The van der Waals surface area contributed by atoms with Gasteiger partial charge in [0.25, 0.3) is 5.91 Å². The maximum absolute atomic E-state index is 12.7. The highest BCUT2D eigenvalue weighted by atomic mass is 32.1. The highest BCUT2D eigenvalue weighted by Crippen LogP contribution is 2.29. The molecule has 0 fully saturated rings. The Morgan fingerprint density at radius 1 is 1.31 bits per heavy atom. The Morgan fingerprint density at radius 2 is 2.12 bits per heavy atom. The number of nitrogens with one attached hydrogen (secondary N) is 1. The molecule has 0 radical (unpaired) electrons. The molecular formula is C19H20N2O4S. The first-order valence-electron chi connectivity index (χ1n) is 8.31. The number of hydrogen-bond donors (Lipinski definition) is 1. The summed E-state index contributed by atoms with van der Waals surface area (Å²) in [4.78, 5) is 38.6. The number of nitrogens with zero attached hydrogens (tertiary/aromatic N) is 1. The lowest BCUT2D eigenvalue weighted by Gasteiger charge is -2.17. The Kier molecular flexibility index (Phi) is 5.37. The van der Waals surface area contributed by atoms with Gasteiger partial charge in [-0.15, -0.1) is 11.3 Å². The van der Waals surface area contributed by atoms with E-state index in [1.54, 1.807) is 17.0 Å². The summed E-state index contributed by atoms with van der Waals surface area (Å²) >= 11 is 1.48. The van der Waals surface area contributed by atoms with Crippen LogP contribution in [-0.2, 0) is 20.7 Å². The first kappa shape index (κ1) is 18.1. The SMILES string of the molecule is COC(=O)C[C@H](NC(=O)c1ccc2c(c1)CCN2C(C)=O)c1cccs1. The van der Waals surface area contributed by atoms with Crippen molar-refractivity contribution in [2.45, 2.75) is 25.8 Å². The van der Waals surface area contributed by atoms with Crippen molar-refractivity contribution in [3.8, 4) is 0 Å². The smallest absolute Gasteiger partial charge is 0.307 e. The number of thiophene rings is 1. The van der Waals surface area contributed by atoms with Gasteiger partial charge in [-0.1, -0.05) is 6.07 Å². The number of esters is 1. The van der Waals surface area contributed by atoms with Gasteiger partial charge in [-0.05, 0) is 41.6 Å². The van der Waals surface area contributed by atoms with Crippen molar-refractivity contribution in [3.05, 3.63) is 51.7 Å². The summed E-state index contributed by atoms with van der Waals surface area (Å²) in [6, 6.07) is 8.65. The summed E-state index contributed by atoms with van der Waals surface area (Å²) < 4.78 is 4.74. The standard InChI is InChI=1S/C19H20N2O4S/c1-12(22)21-8-7-13-10-14(5-6-16(13)21)19(24)20-15(11-18(23)25-2)17-4-3-9-26-17/h3-6,9-10,15H,7-8,11H2,1-2H3,(H,20,24)/t15-/m0/s1. The lowest BCUT2D eigenvalue weighted by atomic mass is 10.1. The molecule has 0 aliphatic carbocycles. The molecule has 1 atom stereocenters. The topological polar surface area (TPSA) is 75.7 Å². The Bertz CT molecular complexity index is 832. The van der Waals surface area contributed by atoms with E-state index in [4.69, 9.17) is 4.74 Å². The van der Waals surface area contributed by atoms with Crippen LogP contribution in [0.2, 0.25) is 0 Å². The minimum atomic E-state index is -0.433. The maximum atomic E-state index is 12.7. The molecule has 0 spiro atoms. The second kappa shape index (κ2) is 7.70. The zero-order valence-corrected chi connectivity index (χ0v) is 15.5. The monoisotopic (exact) mass is 372 g/mol. The van der Waals surface area contributed by atoms with E-state index >= 15 is 0 Å². The summed E-state index contributed by atoms with van der Waals surface area (Å²) in [6.45, 7) is 2.17. The van der Waals surface area contributed by atoms with Gasteiger partial charge >= 0.3 is 5.97 Å². The van der Waals surface area contributed by atoms with Gasteiger partial charge in [0.2, 0.25) is 5.91 Å². The molecule has 1 aromatic heterocycles. The number of benzene rings is 1. The van der Waals surface area contributed by atoms with Crippen LogP contribution in [0, 0.1) is 0 Å². The third-order valence-corrected chi connectivity index (χ3v) is 5.39. The van der Waals surface area contributed by atoms with E-state index in [1.165, 1.54) is 25.4 Å². The summed E-state index contributed by atoms with van der Waals surface area (Å²) in [5.74, 6) is -0.636. The molecule has 1 aliphatic rings. The number of hydrogen-bond acceptors (Lipinski definition) is 5. The number of ether oxygens (including phenoxy) is 1. The first-order chi connectivity index (χ1) is 12.5. The van der Waals surface area contributed by atoms with Crippen LogP contribution in [0.1, 0.15) is 40.2 Å². The van der Waals surface area contributed by atoms with E-state index in [9.17, 15) is 14.4 Å². The van der Waals surface area contributed by atoms with Gasteiger partial charge in [0.1, 0.15) is 0 Å². The highest BCUT2D eigenvalue weighted by molar-refractivity contribution is 7.10. The van der Waals surface area contributed by atoms with Crippen molar-refractivity contribution < 1.29 is 19.1 Å². The van der Waals surface area contributed by atoms with E-state index in [-0.39, 0.29) is 24.2 Å². The van der Waals surface area contributed by atoms with Gasteiger partial charge in [0.05, 0.1) is 19.6 Å². The second-order valence-electron chi connectivity index (χ2n) is 6.09. The Hall–Kier alpha value is -2.67. The van der Waals surface area contributed by atoms with Gasteiger partial charge in [0, 0.05) is 29.6 Å². The van der Waals surface area contributed by atoms with Crippen molar-refractivity contribution >= 4 is 34.8 Å². The second-order valence-corrected chi connectivity index (χ2v) is 7.07. The van der Waals surface area contributed by atoms with Gasteiger partial charge in [-0.2, -0.15) is 0 Å². The average molecular weight is 372 g/mol. The van der Waals surface area contributed by atoms with Crippen molar-refractivity contribution in [3.63, 3.8) is 0 Å². The van der Waals surface area contributed by atoms with E-state index in [0.717, 1.165) is 22.5 Å². The molecule has 0 saturated carbocycles. The molecule has 26 heavy (non-hydrogen) atoms. The number of carbonyl (C=O) groups excluding carboxylic acids is 3. The van der Waals surface area contributed by atoms with Crippen LogP contribution in [0.15, 0.2) is 35.7 Å². The van der Waals surface area contributed by atoms with Crippen LogP contribution >= 0.6 is 11.3 Å². The summed E-state index contributed by atoms with van der Waals surface area (Å²) in [6.07, 6.45) is 0.804. The number of rotatable bonds is 5. The maximum Gasteiger partial charge on any atom is 0.307 e. The molecular weight excluding hydrogens is 352 g/mol. The number of methoxy groups -OCH3 is 1. The summed E-state index contributed by atoms with van der Waals surface area (Å²) in [7, 11) is 1.33. The molecule has 0 saturated heterocycles. The minimum Gasteiger partial charge on any atom is -0.469 e. The van der Waals surface area contributed by atoms with E-state index in [0.29, 0.717) is 12.1 Å². The molecule has 2 heterocycles. The number of fused-ring (bicyclic) bond motifs is 1. The Labute approximate surface area is 155 Å². The predicted octanol–water partition coefficient (Wildman–Crippen LogP) is 2.69. The van der Waals surface area contributed by atoms with Gasteiger partial charge in [-0.3, -0.25) is 14.4 Å². The van der Waals surface area contributed by atoms with E-state index in [1.807, 2.05) is 23.6 Å². The predicted molar refractivity (Wildman–Crippen MR) is 99.3 cm³/mol. The largest absolute Gasteiger partial charge is 0.469 e. The normalized spacial score (nSPS) is 13.8. The molecule has 2 amide bonds. The van der Waals surface area contributed by atoms with Crippen molar-refractivity contribution in [1.82, 2.24) is 5.32 Å². The Balaban J connectivity index is 1.78. The fraction of sp³-hybridized carbons (Fsp3) is 0.316. The number of anilines is 1. The number of carbonyl (C=O) groups is 3. The van der Waals surface area contributed by atoms with E-state index in [2.05, 4.69) is 5.32 Å². The molecule has 0 unspecified atom stereocenters. The quantitative estimate of drug-likeness (QED) is 0.819. The third kappa shape index (κ3) is 3.77. The van der Waals surface area contributed by atoms with Crippen LogP contribution in [0.25, 0.3) is 0 Å². The first-order valence-corrected chi connectivity index (χ1v) is 9.19. The van der Waals surface area contributed by atoms with E-state index < -0.39 is 6.04 Å². The van der Waals surface area contributed by atoms with Gasteiger partial charge < -0.3 is 15.0 Å². The van der Waals surface area contributed by atoms with Crippen molar-refractivity contribution in [1.29, 1.82) is 0 Å². The van der Waals surface area contributed by atoms with Crippen LogP contribution in [0.3, 0.4) is 0 Å². The number of amides is 2. The lowest BCUT2D eigenvalue weighted by Crippen LogP contribution is -2.30. The molecule has 3 rings (SSSR count). The fourth-order valence-electron chi connectivity index (χ4n) is 3.07. The van der Waals surface area contributed by atoms with Gasteiger partial charge in [0.15, 0.2) is 0 Å². The zero-order valence-electron chi connectivity index (χ0n) is 14.7. The average Bonchev–Trinajstić information content (AvgIpc) is 3.29. The summed E-state index contributed by atoms with van der Waals surface area (Å²) in [5, 5.41) is 4.82. The van der Waals surface area contributed by atoms with Crippen molar-refractivity contribution in [2.24, 2.45) is 0 Å². The molecule has 7 heteroatoms. The van der Waals surface area contributed by atoms with Crippen LogP contribution in [-0.4, -0.2) is 31.4 Å². The highest BCUT2D eigenvalue weighted by Gasteiger charge is 2.25. The zero-order chi connectivity index (χ0) is 18.7. The molecule has 6 nitrogen and oxygen atoms in total. The van der Waals surface area contributed by atoms with Crippen molar-refractivity contribution in [2.75, 3.05) is 18.6 Å².